The largest absolute Gasteiger partial charge is 0.465 e. The molecule has 0 atom stereocenters. The van der Waals surface area contributed by atoms with Gasteiger partial charge in [-0.1, -0.05) is 6.92 Å². The van der Waals surface area contributed by atoms with E-state index < -0.39 is 0 Å². The predicted molar refractivity (Wildman–Crippen MR) is 66.2 cm³/mol. The molecule has 4 nitrogen and oxygen atoms in total. The minimum atomic E-state index is -0.337. The van der Waals surface area contributed by atoms with Gasteiger partial charge in [-0.05, 0) is 30.9 Å². The summed E-state index contributed by atoms with van der Waals surface area (Å²) in [6.45, 7) is 4.38. The highest BCUT2D eigenvalue weighted by Gasteiger charge is 2.17. The SMILES string of the molecule is COC(=O)c1ccc(N2CCC(C)CC2)nc1. The number of hydrogen-bond acceptors (Lipinski definition) is 4. The monoisotopic (exact) mass is 234 g/mol. The lowest BCUT2D eigenvalue weighted by Gasteiger charge is -2.31. The highest BCUT2D eigenvalue weighted by atomic mass is 16.5. The Bertz CT molecular complexity index is 381. The molecule has 1 saturated heterocycles. The molecule has 1 aliphatic heterocycles. The van der Waals surface area contributed by atoms with Gasteiger partial charge in [0.05, 0.1) is 12.7 Å². The first-order valence-electron chi connectivity index (χ1n) is 6.00. The average molecular weight is 234 g/mol. The quantitative estimate of drug-likeness (QED) is 0.735. The highest BCUT2D eigenvalue weighted by Crippen LogP contribution is 2.21. The zero-order valence-corrected chi connectivity index (χ0v) is 10.3. The van der Waals surface area contributed by atoms with Gasteiger partial charge in [0.15, 0.2) is 0 Å². The second-order valence-electron chi connectivity index (χ2n) is 4.57. The summed E-state index contributed by atoms with van der Waals surface area (Å²) < 4.78 is 4.64. The van der Waals surface area contributed by atoms with Crippen molar-refractivity contribution in [3.63, 3.8) is 0 Å². The molecular formula is C13H18N2O2. The Morgan fingerprint density at radius 3 is 2.65 bits per heavy atom. The molecule has 0 saturated carbocycles. The molecule has 1 fully saturated rings. The van der Waals surface area contributed by atoms with Crippen LogP contribution in [0.2, 0.25) is 0 Å². The van der Waals surface area contributed by atoms with Crippen LogP contribution in [0.15, 0.2) is 18.3 Å². The van der Waals surface area contributed by atoms with Gasteiger partial charge in [0, 0.05) is 19.3 Å². The number of methoxy groups -OCH3 is 1. The molecule has 1 aromatic rings. The van der Waals surface area contributed by atoms with Crippen LogP contribution in [0.5, 0.6) is 0 Å². The summed E-state index contributed by atoms with van der Waals surface area (Å²) in [5.41, 5.74) is 0.502. The van der Waals surface area contributed by atoms with E-state index in [0.717, 1.165) is 24.8 Å². The number of hydrogen-bond donors (Lipinski definition) is 0. The maximum absolute atomic E-state index is 11.3. The molecule has 0 radical (unpaired) electrons. The number of aromatic nitrogens is 1. The minimum absolute atomic E-state index is 0.337. The molecule has 92 valence electrons. The standard InChI is InChI=1S/C13H18N2O2/c1-10-5-7-15(8-6-10)12-4-3-11(9-14-12)13(16)17-2/h3-4,9-10H,5-8H2,1-2H3. The van der Waals surface area contributed by atoms with Crippen molar-refractivity contribution in [3.05, 3.63) is 23.9 Å². The highest BCUT2D eigenvalue weighted by molar-refractivity contribution is 5.89. The number of ether oxygens (including phenoxy) is 1. The summed E-state index contributed by atoms with van der Waals surface area (Å²) in [5.74, 6) is 1.42. The van der Waals surface area contributed by atoms with E-state index >= 15 is 0 Å². The van der Waals surface area contributed by atoms with Crippen LogP contribution in [-0.2, 0) is 4.74 Å². The van der Waals surface area contributed by atoms with Gasteiger partial charge >= 0.3 is 5.97 Å². The number of carbonyl (C=O) groups excluding carboxylic acids is 1. The number of carbonyl (C=O) groups is 1. The van der Waals surface area contributed by atoms with Crippen molar-refractivity contribution in [1.29, 1.82) is 0 Å². The predicted octanol–water partition coefficient (Wildman–Crippen LogP) is 2.10. The number of esters is 1. The van der Waals surface area contributed by atoms with Gasteiger partial charge < -0.3 is 9.64 Å². The van der Waals surface area contributed by atoms with Crippen molar-refractivity contribution in [2.24, 2.45) is 5.92 Å². The Balaban J connectivity index is 2.05. The number of nitrogens with zero attached hydrogens (tertiary/aromatic N) is 2. The molecule has 0 bridgehead atoms. The van der Waals surface area contributed by atoms with E-state index in [0.29, 0.717) is 5.56 Å². The Hall–Kier alpha value is -1.58. The van der Waals surface area contributed by atoms with Gasteiger partial charge in [0.25, 0.3) is 0 Å². The van der Waals surface area contributed by atoms with Crippen LogP contribution in [0.25, 0.3) is 0 Å². The van der Waals surface area contributed by atoms with Crippen LogP contribution >= 0.6 is 0 Å². The molecule has 0 aliphatic carbocycles. The Kier molecular flexibility index (Phi) is 3.61. The van der Waals surface area contributed by atoms with Gasteiger partial charge in [0.2, 0.25) is 0 Å². The van der Waals surface area contributed by atoms with Crippen LogP contribution in [0.3, 0.4) is 0 Å². The van der Waals surface area contributed by atoms with Crippen molar-refractivity contribution in [2.45, 2.75) is 19.8 Å². The summed E-state index contributed by atoms with van der Waals surface area (Å²) in [6, 6.07) is 3.66. The molecule has 0 amide bonds. The van der Waals surface area contributed by atoms with E-state index in [-0.39, 0.29) is 5.97 Å². The third kappa shape index (κ3) is 2.75. The molecule has 4 heteroatoms. The summed E-state index contributed by atoms with van der Waals surface area (Å²) in [6.07, 6.45) is 4.00. The molecule has 0 spiro atoms. The fourth-order valence-electron chi connectivity index (χ4n) is 2.05. The van der Waals surface area contributed by atoms with Gasteiger partial charge in [-0.3, -0.25) is 0 Å². The molecule has 2 rings (SSSR count). The van der Waals surface area contributed by atoms with Crippen molar-refractivity contribution in [1.82, 2.24) is 4.98 Å². The first-order chi connectivity index (χ1) is 8.20. The maximum Gasteiger partial charge on any atom is 0.339 e. The second-order valence-corrected chi connectivity index (χ2v) is 4.57. The van der Waals surface area contributed by atoms with Crippen molar-refractivity contribution in [2.75, 3.05) is 25.1 Å². The molecule has 0 N–H and O–H groups in total. The normalized spacial score (nSPS) is 16.9. The molecule has 1 aromatic heterocycles. The fraction of sp³-hybridized carbons (Fsp3) is 0.538. The van der Waals surface area contributed by atoms with Crippen molar-refractivity contribution in [3.8, 4) is 0 Å². The van der Waals surface area contributed by atoms with E-state index in [9.17, 15) is 4.79 Å². The number of pyridine rings is 1. The second kappa shape index (κ2) is 5.17. The first kappa shape index (κ1) is 11.9. The van der Waals surface area contributed by atoms with Crippen molar-refractivity contribution >= 4 is 11.8 Å². The van der Waals surface area contributed by atoms with Gasteiger partial charge in [0.1, 0.15) is 5.82 Å². The molecule has 2 heterocycles. The van der Waals surface area contributed by atoms with Crippen molar-refractivity contribution < 1.29 is 9.53 Å². The van der Waals surface area contributed by atoms with E-state index in [2.05, 4.69) is 21.5 Å². The van der Waals surface area contributed by atoms with Crippen LogP contribution in [0, 0.1) is 5.92 Å². The topological polar surface area (TPSA) is 42.4 Å². The summed E-state index contributed by atoms with van der Waals surface area (Å²) in [5, 5.41) is 0. The zero-order valence-electron chi connectivity index (χ0n) is 10.3. The van der Waals surface area contributed by atoms with Crippen LogP contribution < -0.4 is 4.90 Å². The Morgan fingerprint density at radius 1 is 1.41 bits per heavy atom. The zero-order chi connectivity index (χ0) is 12.3. The fourth-order valence-corrected chi connectivity index (χ4v) is 2.05. The average Bonchev–Trinajstić information content (AvgIpc) is 2.39. The lowest BCUT2D eigenvalue weighted by Crippen LogP contribution is -2.33. The van der Waals surface area contributed by atoms with Crippen LogP contribution in [-0.4, -0.2) is 31.2 Å². The lowest BCUT2D eigenvalue weighted by atomic mass is 9.99. The molecule has 0 aromatic carbocycles. The first-order valence-corrected chi connectivity index (χ1v) is 6.00. The summed E-state index contributed by atoms with van der Waals surface area (Å²) >= 11 is 0. The Labute approximate surface area is 102 Å². The third-order valence-electron chi connectivity index (χ3n) is 3.28. The smallest absolute Gasteiger partial charge is 0.339 e. The minimum Gasteiger partial charge on any atom is -0.465 e. The molecule has 0 unspecified atom stereocenters. The maximum atomic E-state index is 11.3. The van der Waals surface area contributed by atoms with Crippen LogP contribution in [0.4, 0.5) is 5.82 Å². The lowest BCUT2D eigenvalue weighted by molar-refractivity contribution is 0.0600. The summed E-state index contributed by atoms with van der Waals surface area (Å²) in [4.78, 5) is 17.9. The van der Waals surface area contributed by atoms with Gasteiger partial charge in [-0.25, -0.2) is 9.78 Å². The van der Waals surface area contributed by atoms with Crippen LogP contribution in [0.1, 0.15) is 30.1 Å². The van der Waals surface area contributed by atoms with E-state index in [1.165, 1.54) is 20.0 Å². The van der Waals surface area contributed by atoms with Gasteiger partial charge in [-0.2, -0.15) is 0 Å². The van der Waals surface area contributed by atoms with Gasteiger partial charge in [-0.15, -0.1) is 0 Å². The van der Waals surface area contributed by atoms with E-state index in [1.807, 2.05) is 6.07 Å². The molecule has 1 aliphatic rings. The summed E-state index contributed by atoms with van der Waals surface area (Å²) in [7, 11) is 1.38. The number of piperidine rings is 1. The Morgan fingerprint density at radius 2 is 2.12 bits per heavy atom. The third-order valence-corrected chi connectivity index (χ3v) is 3.28. The van der Waals surface area contributed by atoms with E-state index in [1.54, 1.807) is 12.3 Å². The molecule has 17 heavy (non-hydrogen) atoms. The molecular weight excluding hydrogens is 216 g/mol. The number of anilines is 1. The van der Waals surface area contributed by atoms with E-state index in [4.69, 9.17) is 0 Å². The number of rotatable bonds is 2.